The second-order valence-electron chi connectivity index (χ2n) is 0. The summed E-state index contributed by atoms with van der Waals surface area (Å²) in [5.41, 5.74) is 0. The molecule has 16 valence electrons. The Balaban J connectivity index is 0. The van der Waals surface area contributed by atoms with E-state index in [0.29, 0.717) is 0 Å². The second-order valence-corrected chi connectivity index (χ2v) is 0. The molecular weight excluding hydrogens is 192 g/mol. The van der Waals surface area contributed by atoms with Crippen LogP contribution in [-0.4, -0.2) is 17.4 Å². The average molecular weight is 192 g/mol. The van der Waals surface area contributed by atoms with Gasteiger partial charge in [0.25, 0.3) is 0 Å². The van der Waals surface area contributed by atoms with Crippen LogP contribution in [0.1, 0.15) is 0 Å². The van der Waals surface area contributed by atoms with E-state index in [9.17, 15) is 0 Å². The zero-order valence-corrected chi connectivity index (χ0v) is 9.83. The molecule has 0 fully saturated rings. The molecule has 0 aliphatic carbocycles. The van der Waals surface area contributed by atoms with E-state index in [0.717, 1.165) is 0 Å². The van der Waals surface area contributed by atoms with Gasteiger partial charge in [-0.3, -0.25) is 0 Å². The van der Waals surface area contributed by atoms with Crippen molar-refractivity contribution in [2.45, 2.75) is 0 Å². The topological polar surface area (TPSA) is 57.0 Å². The number of hydrogen-bond acceptors (Lipinski definition) is 0. The first-order chi connectivity index (χ1) is 0. The molecule has 2 nitrogen and oxygen atoms in total. The van der Waals surface area contributed by atoms with E-state index in [1.54, 1.807) is 0 Å². The maximum atomic E-state index is 0. The van der Waals surface area contributed by atoms with Crippen molar-refractivity contribution in [1.82, 2.24) is 0 Å². The van der Waals surface area contributed by atoms with Crippen LogP contribution < -0.4 is 68.9 Å². The Morgan fingerprint density at radius 2 is 0.750 bits per heavy atom. The van der Waals surface area contributed by atoms with Crippen LogP contribution in [0.4, 0.5) is 0 Å². The molecule has 0 aliphatic heterocycles. The van der Waals surface area contributed by atoms with Crippen LogP contribution in [0.5, 0.6) is 0 Å². The molecule has 0 radical (unpaired) electrons. The van der Waals surface area contributed by atoms with Gasteiger partial charge in [0, 0.05) is 0 Å². The van der Waals surface area contributed by atoms with Gasteiger partial charge < -0.3 is 11.0 Å². The SMILES string of the molecule is [Al+3].[Cs+].[O-2].[O-2]. The molecule has 4 heavy (non-hydrogen) atoms. The molecule has 0 aromatic carbocycles. The fraction of sp³-hybridized carbons (Fsp3) is 0. The predicted octanol–water partition coefficient (Wildman–Crippen LogP) is -3.61. The summed E-state index contributed by atoms with van der Waals surface area (Å²) < 4.78 is 0. The molecular formula is AlCsO2. The van der Waals surface area contributed by atoms with Crippen LogP contribution >= 0.6 is 0 Å². The molecule has 0 heterocycles. The van der Waals surface area contributed by atoms with Crippen molar-refractivity contribution in [2.24, 2.45) is 0 Å². The van der Waals surface area contributed by atoms with E-state index in [2.05, 4.69) is 0 Å². The number of rotatable bonds is 0. The molecule has 0 aliphatic rings. The number of hydrogen-bond donors (Lipinski definition) is 0. The third kappa shape index (κ3) is 8.82. The first-order valence-electron chi connectivity index (χ1n) is 0. The first kappa shape index (κ1) is 31.4. The third-order valence-corrected chi connectivity index (χ3v) is 0. The Morgan fingerprint density at radius 1 is 0.750 bits per heavy atom. The van der Waals surface area contributed by atoms with Crippen molar-refractivity contribution in [3.05, 3.63) is 0 Å². The molecule has 0 N–H and O–H groups in total. The average Bonchev–Trinajstić information content (AvgIpc) is 0. The molecule has 0 rings (SSSR count). The van der Waals surface area contributed by atoms with E-state index in [4.69, 9.17) is 0 Å². The maximum absolute atomic E-state index is 0. The molecule has 0 aromatic rings. The van der Waals surface area contributed by atoms with Gasteiger partial charge in [0.05, 0.1) is 0 Å². The zero-order valence-electron chi connectivity index (χ0n) is 2.39. The van der Waals surface area contributed by atoms with Crippen molar-refractivity contribution >= 4 is 17.4 Å². The van der Waals surface area contributed by atoms with Gasteiger partial charge in [-0.05, 0) is 0 Å². The third-order valence-electron chi connectivity index (χ3n) is 0. The Labute approximate surface area is 94.5 Å². The van der Waals surface area contributed by atoms with Crippen LogP contribution in [0.25, 0.3) is 0 Å². The van der Waals surface area contributed by atoms with Gasteiger partial charge in [-0.25, -0.2) is 0 Å². The largest absolute Gasteiger partial charge is 3.00 e. The van der Waals surface area contributed by atoms with E-state index in [-0.39, 0.29) is 97.2 Å². The Hall–Kier alpha value is 2.50. The summed E-state index contributed by atoms with van der Waals surface area (Å²) in [7, 11) is 0. The fourth-order valence-corrected chi connectivity index (χ4v) is 0. The molecule has 0 atom stereocenters. The summed E-state index contributed by atoms with van der Waals surface area (Å²) in [6.45, 7) is 0. The van der Waals surface area contributed by atoms with Gasteiger partial charge in [0.1, 0.15) is 0 Å². The smallest absolute Gasteiger partial charge is 2.00 e. The van der Waals surface area contributed by atoms with Crippen molar-refractivity contribution in [3.63, 3.8) is 0 Å². The summed E-state index contributed by atoms with van der Waals surface area (Å²) in [5.74, 6) is 0. The van der Waals surface area contributed by atoms with Crippen molar-refractivity contribution < 1.29 is 79.8 Å². The van der Waals surface area contributed by atoms with Crippen molar-refractivity contribution in [1.29, 1.82) is 0 Å². The Morgan fingerprint density at radius 3 is 0.750 bits per heavy atom. The Bertz CT molecular complexity index is 6.00. The van der Waals surface area contributed by atoms with Gasteiger partial charge in [0.2, 0.25) is 0 Å². The second kappa shape index (κ2) is 17.8. The van der Waals surface area contributed by atoms with E-state index >= 15 is 0 Å². The van der Waals surface area contributed by atoms with Gasteiger partial charge >= 0.3 is 86.3 Å². The van der Waals surface area contributed by atoms with Crippen LogP contribution in [0.15, 0.2) is 0 Å². The predicted molar refractivity (Wildman–Crippen MR) is 7.13 cm³/mol. The normalized spacial score (nSPS) is 0. The van der Waals surface area contributed by atoms with Crippen molar-refractivity contribution in [2.75, 3.05) is 0 Å². The van der Waals surface area contributed by atoms with Crippen molar-refractivity contribution in [3.8, 4) is 0 Å². The molecule has 0 unspecified atom stereocenters. The van der Waals surface area contributed by atoms with E-state index < -0.39 is 0 Å². The minimum Gasteiger partial charge on any atom is -2.00 e. The van der Waals surface area contributed by atoms with Gasteiger partial charge in [-0.15, -0.1) is 0 Å². The fourth-order valence-electron chi connectivity index (χ4n) is 0. The minimum absolute atomic E-state index is 0. The quantitative estimate of drug-likeness (QED) is 0.356. The molecule has 0 aromatic heterocycles. The van der Waals surface area contributed by atoms with Crippen LogP contribution in [0.2, 0.25) is 0 Å². The monoisotopic (exact) mass is 192 g/mol. The summed E-state index contributed by atoms with van der Waals surface area (Å²) >= 11 is 0. The van der Waals surface area contributed by atoms with Crippen LogP contribution in [-0.2, 0) is 11.0 Å². The summed E-state index contributed by atoms with van der Waals surface area (Å²) in [6.07, 6.45) is 0. The summed E-state index contributed by atoms with van der Waals surface area (Å²) in [6, 6.07) is 0. The standard InChI is InChI=1S/Al.Cs.2O/q+3;+1;2*-2. The van der Waals surface area contributed by atoms with E-state index in [1.165, 1.54) is 0 Å². The zero-order chi connectivity index (χ0) is 0. The van der Waals surface area contributed by atoms with Gasteiger partial charge in [0.15, 0.2) is 0 Å². The van der Waals surface area contributed by atoms with E-state index in [1.807, 2.05) is 0 Å². The first-order valence-corrected chi connectivity index (χ1v) is 0. The molecule has 0 amide bonds. The molecule has 0 saturated carbocycles. The van der Waals surface area contributed by atoms with Crippen LogP contribution in [0, 0.1) is 0 Å². The maximum Gasteiger partial charge on any atom is 3.00 e. The molecule has 4 heteroatoms. The summed E-state index contributed by atoms with van der Waals surface area (Å²) in [5, 5.41) is 0. The summed E-state index contributed by atoms with van der Waals surface area (Å²) in [4.78, 5) is 0. The van der Waals surface area contributed by atoms with Gasteiger partial charge in [-0.2, -0.15) is 0 Å². The minimum atomic E-state index is 0. The van der Waals surface area contributed by atoms with Gasteiger partial charge in [-0.1, -0.05) is 0 Å². The molecule has 0 bridgehead atoms. The van der Waals surface area contributed by atoms with Crippen LogP contribution in [0.3, 0.4) is 0 Å². The molecule has 0 saturated heterocycles. The molecule has 0 spiro atoms. The Kier molecular flexibility index (Phi) is 140.